The van der Waals surface area contributed by atoms with E-state index >= 15 is 0 Å². The normalized spacial score (nSPS) is 11.1. The van der Waals surface area contributed by atoms with Crippen LogP contribution in [0.1, 0.15) is 20.8 Å². The Morgan fingerprint density at radius 2 is 2.00 bits per heavy atom. The lowest BCUT2D eigenvalue weighted by Crippen LogP contribution is -2.01. The number of carbonyl (C=O) groups is 1. The molecule has 4 heteroatoms. The lowest BCUT2D eigenvalue weighted by molar-refractivity contribution is 0.104. The monoisotopic (exact) mass is 271 g/mol. The number of nitrogens with zero attached hydrogens (tertiary/aromatic N) is 1. The minimum absolute atomic E-state index is 0.0529. The summed E-state index contributed by atoms with van der Waals surface area (Å²) in [5.74, 6) is -0.643. The van der Waals surface area contributed by atoms with Gasteiger partial charge in [-0.05, 0) is 47.7 Å². The summed E-state index contributed by atoms with van der Waals surface area (Å²) < 4.78 is 12.8. The highest BCUT2D eigenvalue weighted by atomic mass is 32.1. The van der Waals surface area contributed by atoms with E-state index < -0.39 is 0 Å². The molecule has 94 valence electrons. The molecule has 1 heterocycles. The molecule has 0 unspecified atom stereocenters. The Morgan fingerprint density at radius 1 is 1.32 bits per heavy atom. The number of allylic oxidation sites excluding steroid dienone is 1. The zero-order valence-electron chi connectivity index (χ0n) is 10.2. The summed E-state index contributed by atoms with van der Waals surface area (Å²) in [6, 6.07) is 9.39. The number of benzene rings is 1. The van der Waals surface area contributed by atoms with E-state index in [0.717, 1.165) is 5.56 Å². The third kappa shape index (κ3) is 2.95. The Bertz CT molecular complexity index is 677. The average molecular weight is 271 g/mol. The van der Waals surface area contributed by atoms with Crippen LogP contribution in [-0.4, -0.2) is 5.78 Å². The first-order chi connectivity index (χ1) is 9.11. The summed E-state index contributed by atoms with van der Waals surface area (Å²) in [7, 11) is 0. The van der Waals surface area contributed by atoms with Gasteiger partial charge in [-0.15, -0.1) is 11.3 Å². The predicted molar refractivity (Wildman–Crippen MR) is 73.4 cm³/mol. The van der Waals surface area contributed by atoms with Gasteiger partial charge in [0.15, 0.2) is 0 Å². The van der Waals surface area contributed by atoms with Crippen LogP contribution in [0.2, 0.25) is 0 Å². The van der Waals surface area contributed by atoms with Crippen LogP contribution in [0.25, 0.3) is 6.08 Å². The Morgan fingerprint density at radius 3 is 2.53 bits per heavy atom. The minimum Gasteiger partial charge on any atom is -0.287 e. The van der Waals surface area contributed by atoms with Crippen LogP contribution in [-0.2, 0) is 0 Å². The number of Topliss-reactive ketones (excluding diaryl/α,β-unsaturated/α-hetero) is 1. The van der Waals surface area contributed by atoms with Gasteiger partial charge < -0.3 is 0 Å². The van der Waals surface area contributed by atoms with Crippen molar-refractivity contribution in [2.24, 2.45) is 0 Å². The molecule has 0 aliphatic heterocycles. The molecule has 2 rings (SSSR count). The number of halogens is 1. The molecule has 0 spiro atoms. The highest BCUT2D eigenvalue weighted by molar-refractivity contribution is 7.12. The Kier molecular flexibility index (Phi) is 3.88. The lowest BCUT2D eigenvalue weighted by Gasteiger charge is -1.99. The molecule has 0 saturated carbocycles. The van der Waals surface area contributed by atoms with Crippen LogP contribution < -0.4 is 0 Å². The fourth-order valence-corrected chi connectivity index (χ4v) is 2.48. The third-order valence-corrected chi connectivity index (χ3v) is 3.63. The average Bonchev–Trinajstić information content (AvgIpc) is 2.83. The van der Waals surface area contributed by atoms with E-state index in [1.54, 1.807) is 0 Å². The number of ketones is 1. The van der Waals surface area contributed by atoms with Crippen molar-refractivity contribution in [1.82, 2.24) is 0 Å². The van der Waals surface area contributed by atoms with E-state index in [0.29, 0.717) is 10.4 Å². The van der Waals surface area contributed by atoms with Crippen LogP contribution in [0, 0.1) is 24.1 Å². The molecular weight excluding hydrogens is 261 g/mol. The van der Waals surface area contributed by atoms with Crippen molar-refractivity contribution in [2.45, 2.75) is 6.92 Å². The van der Waals surface area contributed by atoms with Gasteiger partial charge in [0, 0.05) is 0 Å². The van der Waals surface area contributed by atoms with E-state index in [4.69, 9.17) is 5.26 Å². The van der Waals surface area contributed by atoms with Gasteiger partial charge in [-0.25, -0.2) is 4.39 Å². The zero-order valence-corrected chi connectivity index (χ0v) is 11.0. The summed E-state index contributed by atoms with van der Waals surface area (Å²) in [5.41, 5.74) is 1.54. The molecule has 0 aliphatic carbocycles. The van der Waals surface area contributed by atoms with E-state index in [9.17, 15) is 9.18 Å². The molecule has 0 amide bonds. The minimum atomic E-state index is -0.351. The molecule has 2 nitrogen and oxygen atoms in total. The third-order valence-electron chi connectivity index (χ3n) is 2.61. The molecular formula is C15H10FNOS. The highest BCUT2D eigenvalue weighted by Crippen LogP contribution is 2.20. The molecule has 0 aliphatic rings. The molecule has 0 bridgehead atoms. The number of rotatable bonds is 3. The fraction of sp³-hybridized carbons (Fsp3) is 0.0667. The Labute approximate surface area is 114 Å². The van der Waals surface area contributed by atoms with Gasteiger partial charge >= 0.3 is 0 Å². The second kappa shape index (κ2) is 5.59. The first-order valence-corrected chi connectivity index (χ1v) is 6.46. The van der Waals surface area contributed by atoms with Crippen molar-refractivity contribution in [3.63, 3.8) is 0 Å². The smallest absolute Gasteiger partial charge is 0.213 e. The SMILES string of the molecule is Cc1ccsc1C(=O)C(C#N)=Cc1ccc(F)cc1. The molecule has 0 N–H and O–H groups in total. The summed E-state index contributed by atoms with van der Waals surface area (Å²) in [4.78, 5) is 12.7. The standard InChI is InChI=1S/C15H10FNOS/c1-10-6-7-19-15(10)14(18)12(9-17)8-11-2-4-13(16)5-3-11/h2-8H,1H3. The van der Waals surface area contributed by atoms with Crippen LogP contribution in [0.5, 0.6) is 0 Å². The number of thiophene rings is 1. The molecule has 2 aromatic rings. The number of hydrogen-bond donors (Lipinski definition) is 0. The lowest BCUT2D eigenvalue weighted by atomic mass is 10.1. The molecule has 0 saturated heterocycles. The molecule has 1 aromatic carbocycles. The first kappa shape index (κ1) is 13.2. The topological polar surface area (TPSA) is 40.9 Å². The van der Waals surface area contributed by atoms with Crippen molar-refractivity contribution in [3.8, 4) is 6.07 Å². The maximum atomic E-state index is 12.8. The predicted octanol–water partition coefficient (Wildman–Crippen LogP) is 3.99. The van der Waals surface area contributed by atoms with Gasteiger partial charge in [0.1, 0.15) is 17.5 Å². The van der Waals surface area contributed by atoms with Gasteiger partial charge in [0.05, 0.1) is 4.88 Å². The van der Waals surface area contributed by atoms with E-state index in [-0.39, 0.29) is 17.2 Å². The summed E-state index contributed by atoms with van der Waals surface area (Å²) in [5, 5.41) is 10.9. The molecule has 0 atom stereocenters. The van der Waals surface area contributed by atoms with Crippen LogP contribution >= 0.6 is 11.3 Å². The van der Waals surface area contributed by atoms with Crippen molar-refractivity contribution < 1.29 is 9.18 Å². The van der Waals surface area contributed by atoms with Crippen LogP contribution in [0.4, 0.5) is 4.39 Å². The van der Waals surface area contributed by atoms with E-state index in [2.05, 4.69) is 0 Å². The van der Waals surface area contributed by atoms with E-state index in [1.807, 2.05) is 24.4 Å². The van der Waals surface area contributed by atoms with Crippen LogP contribution in [0.3, 0.4) is 0 Å². The van der Waals surface area contributed by atoms with Crippen molar-refractivity contribution in [1.29, 1.82) is 5.26 Å². The summed E-state index contributed by atoms with van der Waals surface area (Å²) in [6.45, 7) is 1.83. The van der Waals surface area contributed by atoms with Crippen molar-refractivity contribution in [3.05, 3.63) is 63.1 Å². The molecule has 1 aromatic heterocycles. The largest absolute Gasteiger partial charge is 0.287 e. The first-order valence-electron chi connectivity index (χ1n) is 5.58. The summed E-state index contributed by atoms with van der Waals surface area (Å²) >= 11 is 1.31. The Hall–Kier alpha value is -2.25. The molecule has 0 radical (unpaired) electrons. The zero-order chi connectivity index (χ0) is 13.8. The van der Waals surface area contributed by atoms with Gasteiger partial charge in [0.25, 0.3) is 0 Å². The number of carbonyl (C=O) groups excluding carboxylic acids is 1. The molecule has 0 fully saturated rings. The van der Waals surface area contributed by atoms with Gasteiger partial charge in [0.2, 0.25) is 5.78 Å². The quantitative estimate of drug-likeness (QED) is 0.481. The maximum absolute atomic E-state index is 12.8. The second-order valence-corrected chi connectivity index (χ2v) is 4.90. The van der Waals surface area contributed by atoms with Gasteiger partial charge in [-0.3, -0.25) is 4.79 Å². The number of aryl methyl sites for hydroxylation is 1. The highest BCUT2D eigenvalue weighted by Gasteiger charge is 2.15. The van der Waals surface area contributed by atoms with Crippen molar-refractivity contribution in [2.75, 3.05) is 0 Å². The van der Waals surface area contributed by atoms with Gasteiger partial charge in [-0.1, -0.05) is 12.1 Å². The summed E-state index contributed by atoms with van der Waals surface area (Å²) in [6.07, 6.45) is 1.47. The Balaban J connectivity index is 2.36. The van der Waals surface area contributed by atoms with E-state index in [1.165, 1.54) is 41.7 Å². The van der Waals surface area contributed by atoms with Gasteiger partial charge in [-0.2, -0.15) is 5.26 Å². The van der Waals surface area contributed by atoms with Crippen molar-refractivity contribution >= 4 is 23.2 Å². The molecule has 19 heavy (non-hydrogen) atoms. The van der Waals surface area contributed by atoms with Crippen LogP contribution in [0.15, 0.2) is 41.3 Å². The number of hydrogen-bond acceptors (Lipinski definition) is 3. The number of nitriles is 1. The second-order valence-electron chi connectivity index (χ2n) is 3.98. The fourth-order valence-electron chi connectivity index (χ4n) is 1.60. The maximum Gasteiger partial charge on any atom is 0.213 e.